The molecule has 0 spiro atoms. The maximum atomic E-state index is 12.3. The van der Waals surface area contributed by atoms with Gasteiger partial charge >= 0.3 is 0 Å². The van der Waals surface area contributed by atoms with Crippen LogP contribution >= 0.6 is 0 Å². The summed E-state index contributed by atoms with van der Waals surface area (Å²) in [7, 11) is 0. The molecule has 0 atom stereocenters. The first kappa shape index (κ1) is 15.0. The van der Waals surface area contributed by atoms with Gasteiger partial charge in [-0.25, -0.2) is 0 Å². The number of aliphatic hydroxyl groups excluding tert-OH is 1. The highest BCUT2D eigenvalue weighted by molar-refractivity contribution is 5.79. The summed E-state index contributed by atoms with van der Waals surface area (Å²) in [5, 5.41) is 12.7. The van der Waals surface area contributed by atoms with Gasteiger partial charge in [-0.3, -0.25) is 9.69 Å². The highest BCUT2D eigenvalue weighted by Crippen LogP contribution is 2.14. The number of carbonyl (C=O) groups is 1. The molecule has 1 fully saturated rings. The van der Waals surface area contributed by atoms with E-state index >= 15 is 0 Å². The lowest BCUT2D eigenvalue weighted by atomic mass is 10.1. The Morgan fingerprint density at radius 2 is 2.00 bits per heavy atom. The topological polar surface area (TPSA) is 69.8 Å². The molecule has 2 rings (SSSR count). The molecule has 1 saturated heterocycles. The van der Waals surface area contributed by atoms with Crippen molar-refractivity contribution in [3.05, 3.63) is 17.0 Å². The largest absolute Gasteiger partial charge is 0.396 e. The average Bonchev–Trinajstić information content (AvgIpc) is 2.77. The van der Waals surface area contributed by atoms with Crippen LogP contribution in [0.2, 0.25) is 0 Å². The maximum absolute atomic E-state index is 12.3. The van der Waals surface area contributed by atoms with Crippen LogP contribution in [0.1, 0.15) is 23.4 Å². The average molecular weight is 281 g/mol. The highest BCUT2D eigenvalue weighted by atomic mass is 16.5. The number of rotatable bonds is 5. The molecule has 1 aromatic rings. The van der Waals surface area contributed by atoms with Gasteiger partial charge in [-0.15, -0.1) is 0 Å². The lowest BCUT2D eigenvalue weighted by molar-refractivity contribution is -0.132. The minimum absolute atomic E-state index is 0.140. The van der Waals surface area contributed by atoms with Gasteiger partial charge in [0.25, 0.3) is 0 Å². The summed E-state index contributed by atoms with van der Waals surface area (Å²) in [5.74, 6) is 0.874. The summed E-state index contributed by atoms with van der Waals surface area (Å²) < 4.78 is 5.09. The Kier molecular flexibility index (Phi) is 5.14. The smallest absolute Gasteiger partial charge is 0.227 e. The first-order valence-corrected chi connectivity index (χ1v) is 7.14. The second-order valence-corrected chi connectivity index (χ2v) is 5.28. The van der Waals surface area contributed by atoms with Crippen LogP contribution in [0.25, 0.3) is 0 Å². The molecule has 0 radical (unpaired) electrons. The van der Waals surface area contributed by atoms with Crippen LogP contribution in [0.5, 0.6) is 0 Å². The minimum atomic E-state index is 0.140. The van der Waals surface area contributed by atoms with Crippen molar-refractivity contribution in [2.24, 2.45) is 0 Å². The fourth-order valence-electron chi connectivity index (χ4n) is 2.53. The zero-order valence-electron chi connectivity index (χ0n) is 12.3. The molecule has 112 valence electrons. The van der Waals surface area contributed by atoms with Gasteiger partial charge in [0.15, 0.2) is 0 Å². The van der Waals surface area contributed by atoms with Crippen molar-refractivity contribution in [3.8, 4) is 0 Å². The lowest BCUT2D eigenvalue weighted by Crippen LogP contribution is -2.49. The third-order valence-corrected chi connectivity index (χ3v) is 3.87. The van der Waals surface area contributed by atoms with E-state index in [1.807, 2.05) is 18.7 Å². The molecule has 0 aliphatic carbocycles. The third-order valence-electron chi connectivity index (χ3n) is 3.87. The number of piperazine rings is 1. The van der Waals surface area contributed by atoms with Crippen LogP contribution in [0.3, 0.4) is 0 Å². The molecule has 1 amide bonds. The van der Waals surface area contributed by atoms with E-state index in [0.29, 0.717) is 6.42 Å². The monoisotopic (exact) mass is 281 g/mol. The summed E-state index contributed by atoms with van der Waals surface area (Å²) in [4.78, 5) is 16.5. The Labute approximate surface area is 119 Å². The molecular formula is C14H23N3O3. The summed E-state index contributed by atoms with van der Waals surface area (Å²) in [6.45, 7) is 8.12. The number of aliphatic hydroxyl groups is 1. The van der Waals surface area contributed by atoms with Crippen LogP contribution in [-0.2, 0) is 11.2 Å². The first-order chi connectivity index (χ1) is 9.61. The van der Waals surface area contributed by atoms with Crippen molar-refractivity contribution in [2.75, 3.05) is 39.3 Å². The number of nitrogens with zero attached hydrogens (tertiary/aromatic N) is 3. The van der Waals surface area contributed by atoms with Gasteiger partial charge < -0.3 is 14.5 Å². The van der Waals surface area contributed by atoms with Gasteiger partial charge in [-0.2, -0.15) is 0 Å². The summed E-state index contributed by atoms with van der Waals surface area (Å²) in [6.07, 6.45) is 1.17. The first-order valence-electron chi connectivity index (χ1n) is 7.14. The quantitative estimate of drug-likeness (QED) is 0.844. The normalized spacial score (nSPS) is 16.6. The molecule has 0 saturated carbocycles. The van der Waals surface area contributed by atoms with E-state index in [-0.39, 0.29) is 12.5 Å². The predicted molar refractivity (Wildman–Crippen MR) is 74.4 cm³/mol. The Hall–Kier alpha value is -1.40. The van der Waals surface area contributed by atoms with Crippen LogP contribution in [0.15, 0.2) is 4.52 Å². The molecule has 2 heterocycles. The molecular weight excluding hydrogens is 258 g/mol. The predicted octanol–water partition coefficient (Wildman–Crippen LogP) is 0.361. The van der Waals surface area contributed by atoms with Crippen molar-refractivity contribution in [3.63, 3.8) is 0 Å². The van der Waals surface area contributed by atoms with E-state index in [0.717, 1.165) is 56.2 Å². The van der Waals surface area contributed by atoms with E-state index in [1.165, 1.54) is 0 Å². The van der Waals surface area contributed by atoms with E-state index in [2.05, 4.69) is 10.1 Å². The highest BCUT2D eigenvalue weighted by Gasteiger charge is 2.22. The van der Waals surface area contributed by atoms with Crippen LogP contribution in [0.4, 0.5) is 0 Å². The van der Waals surface area contributed by atoms with Crippen molar-refractivity contribution < 1.29 is 14.4 Å². The van der Waals surface area contributed by atoms with Gasteiger partial charge in [0.05, 0.1) is 12.1 Å². The molecule has 6 nitrogen and oxygen atoms in total. The molecule has 1 aliphatic rings. The molecule has 0 aromatic carbocycles. The summed E-state index contributed by atoms with van der Waals surface area (Å²) in [6, 6.07) is 0. The number of aryl methyl sites for hydroxylation is 2. The zero-order valence-corrected chi connectivity index (χ0v) is 12.3. The van der Waals surface area contributed by atoms with Gasteiger partial charge in [0.1, 0.15) is 5.76 Å². The number of amides is 1. The van der Waals surface area contributed by atoms with Gasteiger partial charge in [0.2, 0.25) is 5.91 Å². The second-order valence-electron chi connectivity index (χ2n) is 5.28. The SMILES string of the molecule is Cc1noc(C)c1CC(=O)N1CCN(CCCO)CC1. The zero-order chi connectivity index (χ0) is 14.5. The summed E-state index contributed by atoms with van der Waals surface area (Å²) >= 11 is 0. The minimum Gasteiger partial charge on any atom is -0.396 e. The lowest BCUT2D eigenvalue weighted by Gasteiger charge is -2.34. The van der Waals surface area contributed by atoms with Crippen LogP contribution in [-0.4, -0.2) is 65.3 Å². The Morgan fingerprint density at radius 1 is 1.30 bits per heavy atom. The van der Waals surface area contributed by atoms with E-state index in [9.17, 15) is 4.79 Å². The van der Waals surface area contributed by atoms with E-state index in [1.54, 1.807) is 0 Å². The van der Waals surface area contributed by atoms with Gasteiger partial charge in [0, 0.05) is 44.9 Å². The fourth-order valence-corrected chi connectivity index (χ4v) is 2.53. The number of hydrogen-bond acceptors (Lipinski definition) is 5. The van der Waals surface area contributed by atoms with Crippen LogP contribution < -0.4 is 0 Å². The van der Waals surface area contributed by atoms with Gasteiger partial charge in [-0.05, 0) is 20.3 Å². The van der Waals surface area contributed by atoms with E-state index < -0.39 is 0 Å². The summed E-state index contributed by atoms with van der Waals surface area (Å²) in [5.41, 5.74) is 1.72. The molecule has 1 aliphatic heterocycles. The molecule has 1 N–H and O–H groups in total. The van der Waals surface area contributed by atoms with E-state index in [4.69, 9.17) is 9.63 Å². The maximum Gasteiger partial charge on any atom is 0.227 e. The standard InChI is InChI=1S/C14H23N3O3/c1-11-13(12(2)20-15-11)10-14(19)17-7-5-16(6-8-17)4-3-9-18/h18H,3-10H2,1-2H3. The molecule has 6 heteroatoms. The van der Waals surface area contributed by atoms with Crippen molar-refractivity contribution in [1.29, 1.82) is 0 Å². The van der Waals surface area contributed by atoms with Crippen molar-refractivity contribution in [2.45, 2.75) is 26.7 Å². The second kappa shape index (κ2) is 6.85. The van der Waals surface area contributed by atoms with Crippen molar-refractivity contribution >= 4 is 5.91 Å². The van der Waals surface area contributed by atoms with Crippen molar-refractivity contribution in [1.82, 2.24) is 15.0 Å². The number of aromatic nitrogens is 1. The Morgan fingerprint density at radius 3 is 2.55 bits per heavy atom. The number of carbonyl (C=O) groups excluding carboxylic acids is 1. The van der Waals surface area contributed by atoms with Crippen LogP contribution in [0, 0.1) is 13.8 Å². The van der Waals surface area contributed by atoms with Gasteiger partial charge in [-0.1, -0.05) is 5.16 Å². The fraction of sp³-hybridized carbons (Fsp3) is 0.714. The molecule has 1 aromatic heterocycles. The molecule has 20 heavy (non-hydrogen) atoms. The Bertz CT molecular complexity index is 431. The molecule has 0 unspecified atom stereocenters. The third kappa shape index (κ3) is 3.58. The Balaban J connectivity index is 1.83. The number of hydrogen-bond donors (Lipinski definition) is 1. The molecule has 0 bridgehead atoms.